The number of nitrogens with zero attached hydrogens (tertiary/aromatic N) is 1. The Labute approximate surface area is 107 Å². The first-order valence-corrected chi connectivity index (χ1v) is 6.44. The van der Waals surface area contributed by atoms with Gasteiger partial charge in [0.1, 0.15) is 12.3 Å². The molecule has 1 saturated heterocycles. The van der Waals surface area contributed by atoms with Crippen LogP contribution in [-0.2, 0) is 14.3 Å². The molecule has 2 N–H and O–H groups in total. The van der Waals surface area contributed by atoms with Gasteiger partial charge in [-0.05, 0) is 25.9 Å². The van der Waals surface area contributed by atoms with Gasteiger partial charge in [0.2, 0.25) is 0 Å². The molecule has 0 radical (unpaired) electrons. The van der Waals surface area contributed by atoms with Crippen molar-refractivity contribution in [2.24, 2.45) is 0 Å². The summed E-state index contributed by atoms with van der Waals surface area (Å²) in [7, 11) is 0. The van der Waals surface area contributed by atoms with Gasteiger partial charge in [-0.15, -0.1) is 0 Å². The summed E-state index contributed by atoms with van der Waals surface area (Å²) < 4.78 is 5.25. The van der Waals surface area contributed by atoms with Crippen molar-refractivity contribution in [1.82, 2.24) is 10.2 Å². The molecule has 1 heterocycles. The highest BCUT2D eigenvalue weighted by Crippen LogP contribution is 1.99. The van der Waals surface area contributed by atoms with E-state index in [1.54, 1.807) is 0 Å². The van der Waals surface area contributed by atoms with Crippen LogP contribution in [0.1, 0.15) is 19.3 Å². The van der Waals surface area contributed by atoms with Crippen molar-refractivity contribution in [1.29, 1.82) is 0 Å². The maximum Gasteiger partial charge on any atom is 0.320 e. The zero-order chi connectivity index (χ0) is 13.2. The number of ether oxygens (including phenoxy) is 1. The third kappa shape index (κ3) is 6.09. The van der Waals surface area contributed by atoms with Crippen LogP contribution in [0, 0.1) is 0 Å². The number of aliphatic carboxylic acids is 1. The third-order valence-electron chi connectivity index (χ3n) is 3.02. The Bertz CT molecular complexity index is 254. The second-order valence-corrected chi connectivity index (χ2v) is 4.40. The number of hydrogen-bond acceptors (Lipinski definition) is 5. The fourth-order valence-corrected chi connectivity index (χ4v) is 1.95. The van der Waals surface area contributed by atoms with Gasteiger partial charge in [-0.1, -0.05) is 0 Å². The monoisotopic (exact) mass is 258 g/mol. The van der Waals surface area contributed by atoms with E-state index in [4.69, 9.17) is 9.84 Å². The number of morpholine rings is 1. The lowest BCUT2D eigenvalue weighted by molar-refractivity contribution is -0.139. The highest BCUT2D eigenvalue weighted by atomic mass is 16.5. The third-order valence-corrected chi connectivity index (χ3v) is 3.02. The van der Waals surface area contributed by atoms with Crippen LogP contribution >= 0.6 is 0 Å². The van der Waals surface area contributed by atoms with Gasteiger partial charge in [0, 0.05) is 19.5 Å². The minimum atomic E-state index is -0.886. The molecule has 1 unspecified atom stereocenters. The first kappa shape index (κ1) is 15.1. The van der Waals surface area contributed by atoms with Crippen LogP contribution in [0.5, 0.6) is 0 Å². The first-order valence-electron chi connectivity index (χ1n) is 6.44. The maximum absolute atomic E-state index is 10.9. The van der Waals surface area contributed by atoms with Gasteiger partial charge in [0.25, 0.3) is 0 Å². The summed E-state index contributed by atoms with van der Waals surface area (Å²) in [6.07, 6.45) is 2.31. The van der Waals surface area contributed by atoms with Crippen LogP contribution in [0.4, 0.5) is 0 Å². The minimum Gasteiger partial charge on any atom is -0.480 e. The average molecular weight is 258 g/mol. The maximum atomic E-state index is 10.9. The van der Waals surface area contributed by atoms with Gasteiger partial charge in [-0.2, -0.15) is 0 Å². The Morgan fingerprint density at radius 3 is 2.78 bits per heavy atom. The van der Waals surface area contributed by atoms with Gasteiger partial charge >= 0.3 is 5.97 Å². The predicted molar refractivity (Wildman–Crippen MR) is 66.6 cm³/mol. The standard InChI is InChI=1S/C12H22N2O4/c15-8-1-3-11(12(16)17)13-4-2-5-14-6-9-18-10-7-14/h8,11,13H,1-7,9-10H2,(H,16,17). The number of carboxylic acids is 1. The minimum absolute atomic E-state index is 0.285. The topological polar surface area (TPSA) is 78.9 Å². The second-order valence-electron chi connectivity index (χ2n) is 4.40. The lowest BCUT2D eigenvalue weighted by atomic mass is 10.1. The molecule has 0 spiro atoms. The number of hydrogen-bond donors (Lipinski definition) is 2. The highest BCUT2D eigenvalue weighted by molar-refractivity contribution is 5.73. The van der Waals surface area contributed by atoms with E-state index in [0.29, 0.717) is 13.0 Å². The van der Waals surface area contributed by atoms with Crippen molar-refractivity contribution in [3.8, 4) is 0 Å². The summed E-state index contributed by atoms with van der Waals surface area (Å²) in [4.78, 5) is 23.4. The molecule has 0 saturated carbocycles. The molecule has 1 fully saturated rings. The van der Waals surface area contributed by atoms with E-state index in [2.05, 4.69) is 10.2 Å². The predicted octanol–water partition coefficient (Wildman–Crippen LogP) is -0.269. The lowest BCUT2D eigenvalue weighted by Crippen LogP contribution is -2.40. The number of rotatable bonds is 9. The van der Waals surface area contributed by atoms with E-state index in [0.717, 1.165) is 45.6 Å². The van der Waals surface area contributed by atoms with Gasteiger partial charge in [0.15, 0.2) is 0 Å². The van der Waals surface area contributed by atoms with Crippen LogP contribution in [0.25, 0.3) is 0 Å². The molecule has 0 aliphatic carbocycles. The molecular formula is C12H22N2O4. The normalized spacial score (nSPS) is 18.4. The number of carboxylic acid groups (broad SMARTS) is 1. The van der Waals surface area contributed by atoms with E-state index in [1.807, 2.05) is 0 Å². The molecule has 0 bridgehead atoms. The summed E-state index contributed by atoms with van der Waals surface area (Å²) in [6.45, 7) is 5.08. The molecule has 0 aromatic carbocycles. The summed E-state index contributed by atoms with van der Waals surface area (Å²) in [5.41, 5.74) is 0. The molecule has 0 aromatic rings. The van der Waals surface area contributed by atoms with E-state index in [9.17, 15) is 9.59 Å². The molecule has 6 nitrogen and oxygen atoms in total. The zero-order valence-corrected chi connectivity index (χ0v) is 10.6. The summed E-state index contributed by atoms with van der Waals surface area (Å²) in [5, 5.41) is 11.9. The second kappa shape index (κ2) is 9.02. The number of nitrogens with one attached hydrogen (secondary N) is 1. The summed E-state index contributed by atoms with van der Waals surface area (Å²) in [6, 6.07) is -0.611. The smallest absolute Gasteiger partial charge is 0.320 e. The SMILES string of the molecule is O=CCCC(NCCCN1CCOCC1)C(=O)O. The van der Waals surface area contributed by atoms with Crippen molar-refractivity contribution in [3.05, 3.63) is 0 Å². The van der Waals surface area contributed by atoms with Crippen molar-refractivity contribution < 1.29 is 19.4 Å². The van der Waals surface area contributed by atoms with E-state index < -0.39 is 12.0 Å². The van der Waals surface area contributed by atoms with E-state index in [1.165, 1.54) is 0 Å². The lowest BCUT2D eigenvalue weighted by Gasteiger charge is -2.26. The highest BCUT2D eigenvalue weighted by Gasteiger charge is 2.16. The Morgan fingerprint density at radius 2 is 2.17 bits per heavy atom. The molecular weight excluding hydrogens is 236 g/mol. The van der Waals surface area contributed by atoms with E-state index in [-0.39, 0.29) is 6.42 Å². The Balaban J connectivity index is 2.09. The Morgan fingerprint density at radius 1 is 1.44 bits per heavy atom. The van der Waals surface area contributed by atoms with Crippen molar-refractivity contribution >= 4 is 12.3 Å². The molecule has 0 aromatic heterocycles. The van der Waals surface area contributed by atoms with Crippen LogP contribution in [0.15, 0.2) is 0 Å². The van der Waals surface area contributed by atoms with Gasteiger partial charge < -0.3 is 20.0 Å². The largest absolute Gasteiger partial charge is 0.480 e. The fourth-order valence-electron chi connectivity index (χ4n) is 1.95. The van der Waals surface area contributed by atoms with Crippen molar-refractivity contribution in [3.63, 3.8) is 0 Å². The molecule has 1 rings (SSSR count). The van der Waals surface area contributed by atoms with Crippen LogP contribution < -0.4 is 5.32 Å². The molecule has 0 amide bonds. The molecule has 1 aliphatic heterocycles. The van der Waals surface area contributed by atoms with Crippen molar-refractivity contribution in [2.75, 3.05) is 39.4 Å². The zero-order valence-electron chi connectivity index (χ0n) is 10.6. The van der Waals surface area contributed by atoms with Gasteiger partial charge in [0.05, 0.1) is 13.2 Å². The number of carbonyl (C=O) groups is 2. The average Bonchev–Trinajstić information content (AvgIpc) is 2.38. The van der Waals surface area contributed by atoms with Crippen LogP contribution in [-0.4, -0.2) is 67.7 Å². The number of carbonyl (C=O) groups excluding carboxylic acids is 1. The van der Waals surface area contributed by atoms with Gasteiger partial charge in [-0.3, -0.25) is 9.69 Å². The Kier molecular flexibility index (Phi) is 7.55. The molecule has 1 aliphatic rings. The van der Waals surface area contributed by atoms with Gasteiger partial charge in [-0.25, -0.2) is 0 Å². The number of aldehydes is 1. The molecule has 6 heteroatoms. The molecule has 104 valence electrons. The quantitative estimate of drug-likeness (QED) is 0.438. The molecule has 1 atom stereocenters. The summed E-state index contributed by atoms with van der Waals surface area (Å²) in [5.74, 6) is -0.886. The van der Waals surface area contributed by atoms with E-state index >= 15 is 0 Å². The van der Waals surface area contributed by atoms with Crippen molar-refractivity contribution in [2.45, 2.75) is 25.3 Å². The van der Waals surface area contributed by atoms with Crippen LogP contribution in [0.2, 0.25) is 0 Å². The summed E-state index contributed by atoms with van der Waals surface area (Å²) >= 11 is 0. The molecule has 18 heavy (non-hydrogen) atoms. The Hall–Kier alpha value is -0.980. The fraction of sp³-hybridized carbons (Fsp3) is 0.833. The van der Waals surface area contributed by atoms with Crippen LogP contribution in [0.3, 0.4) is 0 Å². The first-order chi connectivity index (χ1) is 8.74.